The molecule has 1 unspecified atom stereocenters. The van der Waals surface area contributed by atoms with E-state index in [1.54, 1.807) is 20.8 Å². The first-order chi connectivity index (χ1) is 7.35. The van der Waals surface area contributed by atoms with Gasteiger partial charge in [0.1, 0.15) is 18.2 Å². The third-order valence-electron chi connectivity index (χ3n) is 2.23. The number of cyclic esters (lactones) is 1. The van der Waals surface area contributed by atoms with Gasteiger partial charge in [0.25, 0.3) is 0 Å². The van der Waals surface area contributed by atoms with Gasteiger partial charge in [0.05, 0.1) is 6.54 Å². The number of hydrogen-bond donors (Lipinski definition) is 0. The van der Waals surface area contributed by atoms with Crippen LogP contribution in [0.3, 0.4) is 0 Å². The van der Waals surface area contributed by atoms with Crippen molar-refractivity contribution >= 4 is 12.1 Å². The van der Waals surface area contributed by atoms with Crippen LogP contribution in [0.1, 0.15) is 34.1 Å². The Hall–Kier alpha value is -1.26. The van der Waals surface area contributed by atoms with E-state index in [1.165, 1.54) is 4.90 Å². The van der Waals surface area contributed by atoms with Gasteiger partial charge in [-0.15, -0.1) is 0 Å². The standard InChI is InChI=1S/C11H19NO4/c1-5-8(9(13)16-11(2,3)4)12-6-7-15-10(12)14/h8H,5-7H2,1-4H3. The Kier molecular flexibility index (Phi) is 3.78. The highest BCUT2D eigenvalue weighted by atomic mass is 16.6. The molecule has 0 aromatic carbocycles. The molecule has 1 atom stereocenters. The monoisotopic (exact) mass is 229 g/mol. The highest BCUT2D eigenvalue weighted by Crippen LogP contribution is 2.16. The van der Waals surface area contributed by atoms with Crippen LogP contribution in [-0.4, -0.2) is 41.8 Å². The van der Waals surface area contributed by atoms with Gasteiger partial charge < -0.3 is 9.47 Å². The highest BCUT2D eigenvalue weighted by molar-refractivity contribution is 5.82. The van der Waals surface area contributed by atoms with Crippen LogP contribution in [0, 0.1) is 0 Å². The fraction of sp³-hybridized carbons (Fsp3) is 0.818. The van der Waals surface area contributed by atoms with Crippen LogP contribution in [0.25, 0.3) is 0 Å². The van der Waals surface area contributed by atoms with E-state index in [0.717, 1.165) is 0 Å². The Morgan fingerprint density at radius 3 is 2.56 bits per heavy atom. The van der Waals surface area contributed by atoms with Crippen molar-refractivity contribution in [1.82, 2.24) is 4.90 Å². The Morgan fingerprint density at radius 2 is 2.19 bits per heavy atom. The maximum Gasteiger partial charge on any atom is 0.410 e. The minimum Gasteiger partial charge on any atom is -0.458 e. The summed E-state index contributed by atoms with van der Waals surface area (Å²) in [5, 5.41) is 0. The van der Waals surface area contributed by atoms with Crippen molar-refractivity contribution in [3.8, 4) is 0 Å². The zero-order valence-corrected chi connectivity index (χ0v) is 10.3. The van der Waals surface area contributed by atoms with E-state index in [-0.39, 0.29) is 5.97 Å². The largest absolute Gasteiger partial charge is 0.458 e. The van der Waals surface area contributed by atoms with Gasteiger partial charge in [-0.25, -0.2) is 9.59 Å². The number of esters is 1. The van der Waals surface area contributed by atoms with E-state index in [2.05, 4.69) is 0 Å². The first-order valence-electron chi connectivity index (χ1n) is 5.51. The summed E-state index contributed by atoms with van der Waals surface area (Å²) in [5.74, 6) is -0.367. The van der Waals surface area contributed by atoms with Gasteiger partial charge >= 0.3 is 12.1 Å². The summed E-state index contributed by atoms with van der Waals surface area (Å²) in [5.41, 5.74) is -0.534. The minimum atomic E-state index is -0.534. The molecule has 0 saturated carbocycles. The molecule has 5 heteroatoms. The Balaban J connectivity index is 2.67. The summed E-state index contributed by atoms with van der Waals surface area (Å²) in [6.07, 6.45) is 0.0991. The second-order valence-corrected chi connectivity index (χ2v) is 4.77. The van der Waals surface area contributed by atoms with Crippen LogP contribution in [-0.2, 0) is 14.3 Å². The number of amides is 1. The molecular formula is C11H19NO4. The van der Waals surface area contributed by atoms with Gasteiger partial charge in [-0.05, 0) is 27.2 Å². The third-order valence-corrected chi connectivity index (χ3v) is 2.23. The van der Waals surface area contributed by atoms with Crippen LogP contribution in [0.4, 0.5) is 4.79 Å². The van der Waals surface area contributed by atoms with Crippen LogP contribution >= 0.6 is 0 Å². The number of carbonyl (C=O) groups excluding carboxylic acids is 2. The molecule has 0 aromatic heterocycles. The average Bonchev–Trinajstić information content (AvgIpc) is 2.50. The molecule has 1 rings (SSSR count). The summed E-state index contributed by atoms with van der Waals surface area (Å²) in [4.78, 5) is 24.6. The lowest BCUT2D eigenvalue weighted by Gasteiger charge is -2.27. The first kappa shape index (κ1) is 12.8. The van der Waals surface area contributed by atoms with E-state index in [4.69, 9.17) is 9.47 Å². The molecule has 0 bridgehead atoms. The Morgan fingerprint density at radius 1 is 1.56 bits per heavy atom. The number of carbonyl (C=O) groups is 2. The van der Waals surface area contributed by atoms with Crippen molar-refractivity contribution in [3.63, 3.8) is 0 Å². The summed E-state index contributed by atoms with van der Waals surface area (Å²) >= 11 is 0. The topological polar surface area (TPSA) is 55.8 Å². The third kappa shape index (κ3) is 3.12. The van der Waals surface area contributed by atoms with Gasteiger partial charge in [0.2, 0.25) is 0 Å². The van der Waals surface area contributed by atoms with Gasteiger partial charge in [-0.2, -0.15) is 0 Å². The van der Waals surface area contributed by atoms with Gasteiger partial charge in [-0.3, -0.25) is 4.90 Å². The van der Waals surface area contributed by atoms with Gasteiger partial charge in [-0.1, -0.05) is 6.92 Å². The summed E-state index contributed by atoms with van der Waals surface area (Å²) < 4.78 is 10.1. The lowest BCUT2D eigenvalue weighted by Crippen LogP contribution is -2.44. The number of hydrogen-bond acceptors (Lipinski definition) is 4. The van der Waals surface area contributed by atoms with Crippen molar-refractivity contribution in [3.05, 3.63) is 0 Å². The molecule has 0 aromatic rings. The van der Waals surface area contributed by atoms with Gasteiger partial charge in [0.15, 0.2) is 0 Å². The quantitative estimate of drug-likeness (QED) is 0.689. The molecule has 0 spiro atoms. The lowest BCUT2D eigenvalue weighted by atomic mass is 10.1. The van der Waals surface area contributed by atoms with E-state index < -0.39 is 17.7 Å². The van der Waals surface area contributed by atoms with Crippen molar-refractivity contribution < 1.29 is 19.1 Å². The average molecular weight is 229 g/mol. The molecule has 1 aliphatic heterocycles. The van der Waals surface area contributed by atoms with E-state index in [1.807, 2.05) is 6.92 Å². The maximum absolute atomic E-state index is 11.9. The molecule has 1 amide bonds. The number of rotatable bonds is 3. The minimum absolute atomic E-state index is 0.345. The van der Waals surface area contributed by atoms with Gasteiger partial charge in [0, 0.05) is 0 Å². The molecule has 0 radical (unpaired) electrons. The molecule has 0 aliphatic carbocycles. The highest BCUT2D eigenvalue weighted by Gasteiger charge is 2.35. The molecule has 1 fully saturated rings. The van der Waals surface area contributed by atoms with E-state index in [0.29, 0.717) is 19.6 Å². The molecule has 1 saturated heterocycles. The molecule has 16 heavy (non-hydrogen) atoms. The van der Waals surface area contributed by atoms with Crippen LogP contribution < -0.4 is 0 Å². The molecule has 0 N–H and O–H groups in total. The summed E-state index contributed by atoms with van der Waals surface area (Å²) in [7, 11) is 0. The van der Waals surface area contributed by atoms with Crippen LogP contribution in [0.5, 0.6) is 0 Å². The van der Waals surface area contributed by atoms with Crippen molar-refractivity contribution in [2.45, 2.75) is 45.8 Å². The zero-order chi connectivity index (χ0) is 12.3. The smallest absolute Gasteiger partial charge is 0.410 e. The summed E-state index contributed by atoms with van der Waals surface area (Å²) in [6.45, 7) is 8.06. The Bertz CT molecular complexity index is 282. The number of ether oxygens (including phenoxy) is 2. The van der Waals surface area contributed by atoms with Crippen LogP contribution in [0.2, 0.25) is 0 Å². The molecular weight excluding hydrogens is 210 g/mol. The Labute approximate surface area is 95.7 Å². The first-order valence-corrected chi connectivity index (χ1v) is 5.51. The van der Waals surface area contributed by atoms with Crippen molar-refractivity contribution in [1.29, 1.82) is 0 Å². The van der Waals surface area contributed by atoms with Crippen molar-refractivity contribution in [2.75, 3.05) is 13.2 Å². The van der Waals surface area contributed by atoms with Crippen molar-refractivity contribution in [2.24, 2.45) is 0 Å². The fourth-order valence-corrected chi connectivity index (χ4v) is 1.57. The second-order valence-electron chi connectivity index (χ2n) is 4.77. The van der Waals surface area contributed by atoms with E-state index >= 15 is 0 Å². The second kappa shape index (κ2) is 4.72. The normalized spacial score (nSPS) is 18.2. The lowest BCUT2D eigenvalue weighted by molar-refractivity contribution is -0.160. The predicted octanol–water partition coefficient (Wildman–Crippen LogP) is 1.56. The molecule has 1 heterocycles. The molecule has 5 nitrogen and oxygen atoms in total. The summed E-state index contributed by atoms with van der Waals surface area (Å²) in [6, 6.07) is -0.533. The number of nitrogens with zero attached hydrogens (tertiary/aromatic N) is 1. The molecule has 1 aliphatic rings. The SMILES string of the molecule is CCC(C(=O)OC(C)(C)C)N1CCOC1=O. The fourth-order valence-electron chi connectivity index (χ4n) is 1.57. The maximum atomic E-state index is 11.9. The van der Waals surface area contributed by atoms with E-state index in [9.17, 15) is 9.59 Å². The molecule has 92 valence electrons. The predicted molar refractivity (Wildman–Crippen MR) is 58.0 cm³/mol. The zero-order valence-electron chi connectivity index (χ0n) is 10.3. The van der Waals surface area contributed by atoms with Crippen LogP contribution in [0.15, 0.2) is 0 Å².